The summed E-state index contributed by atoms with van der Waals surface area (Å²) in [6, 6.07) is 0. The van der Waals surface area contributed by atoms with Crippen LogP contribution in [0.4, 0.5) is 0 Å². The number of piperidine rings is 1. The van der Waals surface area contributed by atoms with E-state index in [1.54, 1.807) is 0 Å². The molecule has 1 N–H and O–H groups in total. The predicted octanol–water partition coefficient (Wildman–Crippen LogP) is 2.95. The highest BCUT2D eigenvalue weighted by Gasteiger charge is 2.48. The zero-order valence-electron chi connectivity index (χ0n) is 13.2. The second-order valence-electron chi connectivity index (χ2n) is 7.70. The number of nitrogens with zero attached hydrogens (tertiary/aromatic N) is 1. The molecule has 20 heavy (non-hydrogen) atoms. The highest BCUT2D eigenvalue weighted by atomic mass is 16.2. The second kappa shape index (κ2) is 5.32. The Morgan fingerprint density at radius 2 is 1.65 bits per heavy atom. The Hall–Kier alpha value is -0.570. The maximum Gasteiger partial charge on any atom is 0.223 e. The van der Waals surface area contributed by atoms with Gasteiger partial charge in [-0.15, -0.1) is 0 Å². The minimum absolute atomic E-state index is 0.164. The van der Waals surface area contributed by atoms with Gasteiger partial charge in [0.15, 0.2) is 0 Å². The van der Waals surface area contributed by atoms with E-state index in [1.165, 1.54) is 44.9 Å². The molecule has 3 saturated carbocycles. The standard InChI is InChI=1S/C17H30N2O/c1-3-16-6-9-17(10-7-16,11-8-16)18-15(20)14-4-12-19(2)13-5-14/h14H,3-13H2,1-2H3,(H,18,20). The van der Waals surface area contributed by atoms with Gasteiger partial charge in [0.05, 0.1) is 0 Å². The summed E-state index contributed by atoms with van der Waals surface area (Å²) in [4.78, 5) is 14.9. The van der Waals surface area contributed by atoms with Crippen LogP contribution in [0.1, 0.15) is 64.7 Å². The van der Waals surface area contributed by atoms with E-state index in [9.17, 15) is 4.79 Å². The molecule has 0 aromatic carbocycles. The van der Waals surface area contributed by atoms with Crippen LogP contribution in [0.2, 0.25) is 0 Å². The Balaban J connectivity index is 1.57. The van der Waals surface area contributed by atoms with Gasteiger partial charge in [-0.25, -0.2) is 0 Å². The Kier molecular flexibility index (Phi) is 3.83. The summed E-state index contributed by atoms with van der Waals surface area (Å²) in [5.41, 5.74) is 0.789. The number of rotatable bonds is 3. The van der Waals surface area contributed by atoms with Crippen molar-refractivity contribution in [1.29, 1.82) is 0 Å². The van der Waals surface area contributed by atoms with E-state index < -0.39 is 0 Å². The van der Waals surface area contributed by atoms with Gasteiger partial charge in [-0.05, 0) is 76.9 Å². The third-order valence-corrected chi connectivity index (χ3v) is 6.63. The van der Waals surface area contributed by atoms with Crippen LogP contribution in [0.3, 0.4) is 0 Å². The number of hydrogen-bond acceptors (Lipinski definition) is 2. The number of carbonyl (C=O) groups excluding carboxylic acids is 1. The second-order valence-corrected chi connectivity index (χ2v) is 7.70. The van der Waals surface area contributed by atoms with Crippen LogP contribution < -0.4 is 5.32 Å². The quantitative estimate of drug-likeness (QED) is 0.861. The van der Waals surface area contributed by atoms with E-state index in [0.717, 1.165) is 25.9 Å². The van der Waals surface area contributed by atoms with Crippen molar-refractivity contribution in [3.63, 3.8) is 0 Å². The first kappa shape index (κ1) is 14.4. The van der Waals surface area contributed by atoms with Gasteiger partial charge in [0.25, 0.3) is 0 Å². The molecule has 4 rings (SSSR count). The van der Waals surface area contributed by atoms with Gasteiger partial charge >= 0.3 is 0 Å². The lowest BCUT2D eigenvalue weighted by Gasteiger charge is -2.54. The summed E-state index contributed by atoms with van der Waals surface area (Å²) < 4.78 is 0. The third kappa shape index (κ3) is 2.61. The van der Waals surface area contributed by atoms with E-state index in [1.807, 2.05) is 0 Å². The molecule has 1 aliphatic heterocycles. The first-order valence-corrected chi connectivity index (χ1v) is 8.57. The minimum atomic E-state index is 0.164. The maximum atomic E-state index is 12.6. The van der Waals surface area contributed by atoms with Crippen molar-refractivity contribution in [2.75, 3.05) is 20.1 Å². The van der Waals surface area contributed by atoms with E-state index in [2.05, 4.69) is 24.2 Å². The van der Waals surface area contributed by atoms with Gasteiger partial charge in [-0.2, -0.15) is 0 Å². The number of likely N-dealkylation sites (tertiary alicyclic amines) is 1. The van der Waals surface area contributed by atoms with E-state index >= 15 is 0 Å². The lowest BCUT2D eigenvalue weighted by molar-refractivity contribution is -0.130. The van der Waals surface area contributed by atoms with Crippen LogP contribution in [0.15, 0.2) is 0 Å². The first-order valence-electron chi connectivity index (χ1n) is 8.57. The molecule has 4 aliphatic rings. The summed E-state index contributed by atoms with van der Waals surface area (Å²) in [7, 11) is 2.15. The Morgan fingerprint density at radius 1 is 1.10 bits per heavy atom. The summed E-state index contributed by atoms with van der Waals surface area (Å²) in [6.07, 6.45) is 11.1. The summed E-state index contributed by atoms with van der Waals surface area (Å²) in [6.45, 7) is 4.49. The molecule has 0 aromatic rings. The fourth-order valence-corrected chi connectivity index (χ4v) is 4.62. The van der Waals surface area contributed by atoms with Crippen LogP contribution in [0.5, 0.6) is 0 Å². The molecule has 1 amide bonds. The molecule has 2 bridgehead atoms. The van der Waals surface area contributed by atoms with Gasteiger partial charge in [-0.3, -0.25) is 4.79 Å². The number of carbonyl (C=O) groups is 1. The fraction of sp³-hybridized carbons (Fsp3) is 0.941. The van der Waals surface area contributed by atoms with Crippen molar-refractivity contribution in [1.82, 2.24) is 10.2 Å². The Bertz CT molecular complexity index is 347. The lowest BCUT2D eigenvalue weighted by atomic mass is 9.56. The molecule has 0 aromatic heterocycles. The number of nitrogens with one attached hydrogen (secondary N) is 1. The molecule has 0 unspecified atom stereocenters. The number of amides is 1. The first-order chi connectivity index (χ1) is 9.56. The lowest BCUT2D eigenvalue weighted by Crippen LogP contribution is -2.58. The number of fused-ring (bicyclic) bond motifs is 3. The summed E-state index contributed by atoms with van der Waals surface area (Å²) in [5.74, 6) is 0.615. The van der Waals surface area contributed by atoms with Crippen LogP contribution in [0.25, 0.3) is 0 Å². The third-order valence-electron chi connectivity index (χ3n) is 6.63. The average Bonchev–Trinajstić information content (AvgIpc) is 2.49. The van der Waals surface area contributed by atoms with Crippen LogP contribution >= 0.6 is 0 Å². The van der Waals surface area contributed by atoms with Crippen LogP contribution in [-0.4, -0.2) is 36.5 Å². The molecule has 0 atom stereocenters. The normalized spacial score (nSPS) is 38.9. The van der Waals surface area contributed by atoms with Gasteiger partial charge in [0.1, 0.15) is 0 Å². The predicted molar refractivity (Wildman–Crippen MR) is 81.5 cm³/mol. The monoisotopic (exact) mass is 278 g/mol. The van der Waals surface area contributed by atoms with Crippen molar-refractivity contribution in [3.8, 4) is 0 Å². The molecule has 3 nitrogen and oxygen atoms in total. The largest absolute Gasteiger partial charge is 0.350 e. The van der Waals surface area contributed by atoms with Crippen molar-refractivity contribution in [2.24, 2.45) is 11.3 Å². The summed E-state index contributed by atoms with van der Waals surface area (Å²) >= 11 is 0. The van der Waals surface area contributed by atoms with Crippen molar-refractivity contribution in [3.05, 3.63) is 0 Å². The molecule has 0 radical (unpaired) electrons. The fourth-order valence-electron chi connectivity index (χ4n) is 4.62. The topological polar surface area (TPSA) is 32.3 Å². The van der Waals surface area contributed by atoms with Gasteiger partial charge < -0.3 is 10.2 Å². The molecule has 0 spiro atoms. The molecule has 1 heterocycles. The molecular formula is C17H30N2O. The van der Waals surface area contributed by atoms with Crippen molar-refractivity contribution >= 4 is 5.91 Å². The zero-order valence-corrected chi connectivity index (χ0v) is 13.2. The highest BCUT2D eigenvalue weighted by molar-refractivity contribution is 5.79. The molecule has 3 aliphatic carbocycles. The van der Waals surface area contributed by atoms with Gasteiger partial charge in [0.2, 0.25) is 5.91 Å². The minimum Gasteiger partial charge on any atom is -0.350 e. The maximum absolute atomic E-state index is 12.6. The van der Waals surface area contributed by atoms with E-state index in [0.29, 0.717) is 11.3 Å². The average molecular weight is 278 g/mol. The molecule has 114 valence electrons. The van der Waals surface area contributed by atoms with Crippen LogP contribution in [0, 0.1) is 11.3 Å². The van der Waals surface area contributed by atoms with Gasteiger partial charge in [0, 0.05) is 11.5 Å². The number of hydrogen-bond donors (Lipinski definition) is 1. The Morgan fingerprint density at radius 3 is 2.15 bits per heavy atom. The molecule has 4 fully saturated rings. The Labute approximate surface area is 123 Å². The van der Waals surface area contributed by atoms with Crippen molar-refractivity contribution in [2.45, 2.75) is 70.3 Å². The summed E-state index contributed by atoms with van der Waals surface area (Å²) in [5, 5.41) is 3.49. The van der Waals surface area contributed by atoms with Crippen molar-refractivity contribution < 1.29 is 4.79 Å². The van der Waals surface area contributed by atoms with E-state index in [-0.39, 0.29) is 11.5 Å². The molecule has 3 heteroatoms. The highest BCUT2D eigenvalue weighted by Crippen LogP contribution is 2.54. The van der Waals surface area contributed by atoms with E-state index in [4.69, 9.17) is 0 Å². The van der Waals surface area contributed by atoms with Crippen LogP contribution in [-0.2, 0) is 4.79 Å². The zero-order chi connectivity index (χ0) is 14.2. The molecular weight excluding hydrogens is 248 g/mol. The molecule has 1 saturated heterocycles. The SMILES string of the molecule is CCC12CCC(NC(=O)C3CCN(C)CC3)(CC1)CC2. The van der Waals surface area contributed by atoms with Gasteiger partial charge in [-0.1, -0.05) is 13.3 Å². The smallest absolute Gasteiger partial charge is 0.223 e.